The number of thiophene rings is 1. The monoisotopic (exact) mass is 315 g/mol. The zero-order valence-corrected chi connectivity index (χ0v) is 11.9. The van der Waals surface area contributed by atoms with E-state index in [0.29, 0.717) is 4.88 Å². The lowest BCUT2D eigenvalue weighted by Crippen LogP contribution is -2.38. The van der Waals surface area contributed by atoms with Gasteiger partial charge in [-0.25, -0.2) is 0 Å². The zero-order valence-electron chi connectivity index (χ0n) is 11.1. The van der Waals surface area contributed by atoms with Crippen molar-refractivity contribution < 1.29 is 19.6 Å². The third kappa shape index (κ3) is 1.91. The third-order valence-corrected chi connectivity index (χ3v) is 4.31. The fraction of sp³-hybridized carbons (Fsp3) is 0.0667. The lowest BCUT2D eigenvalue weighted by molar-refractivity contribution is -0.440. The van der Waals surface area contributed by atoms with Crippen molar-refractivity contribution in [3.8, 4) is 0 Å². The number of benzene rings is 1. The van der Waals surface area contributed by atoms with Crippen LogP contribution in [0.15, 0.2) is 47.5 Å². The Hall–Kier alpha value is -2.64. The molecule has 1 atom stereocenters. The average Bonchev–Trinajstić information content (AvgIpc) is 3.08. The highest BCUT2D eigenvalue weighted by atomic mass is 32.1. The number of ketones is 2. The van der Waals surface area contributed by atoms with Gasteiger partial charge in [-0.05, 0) is 11.4 Å². The molecule has 1 heterocycles. The molecule has 1 aliphatic carbocycles. The Morgan fingerprint density at radius 3 is 2.59 bits per heavy atom. The van der Waals surface area contributed by atoms with E-state index >= 15 is 0 Å². The summed E-state index contributed by atoms with van der Waals surface area (Å²) in [4.78, 5) is 35.3. The van der Waals surface area contributed by atoms with Crippen molar-refractivity contribution in [2.24, 2.45) is 0 Å². The first kappa shape index (κ1) is 14.3. The zero-order chi connectivity index (χ0) is 15.9. The molecule has 110 valence electrons. The molecule has 2 aromatic rings. The van der Waals surface area contributed by atoms with Gasteiger partial charge in [-0.2, -0.15) is 0 Å². The normalized spacial score (nSPS) is 21.0. The standard InChI is InChI=1S/C15H9NO5S/c17-13-10-5-1-2-6-11(10)15(19,14(13)18)12(16(20)21)8-9-4-3-7-22-9/h1-8,19H/b12-8-. The minimum absolute atomic E-state index is 0.00562. The maximum atomic E-state index is 12.2. The highest BCUT2D eigenvalue weighted by Gasteiger charge is 2.58. The number of nitro groups is 1. The van der Waals surface area contributed by atoms with E-state index in [4.69, 9.17) is 0 Å². The highest BCUT2D eigenvalue weighted by Crippen LogP contribution is 2.40. The minimum Gasteiger partial charge on any atom is -0.368 e. The molecule has 0 aliphatic heterocycles. The van der Waals surface area contributed by atoms with E-state index in [2.05, 4.69) is 0 Å². The van der Waals surface area contributed by atoms with Crippen LogP contribution in [0.4, 0.5) is 0 Å². The van der Waals surface area contributed by atoms with E-state index in [0.717, 1.165) is 6.08 Å². The number of carbonyl (C=O) groups is 2. The van der Waals surface area contributed by atoms with E-state index in [9.17, 15) is 24.8 Å². The van der Waals surface area contributed by atoms with E-state index in [1.165, 1.54) is 35.6 Å². The highest BCUT2D eigenvalue weighted by molar-refractivity contribution is 7.10. The molecule has 0 radical (unpaired) electrons. The number of hydrogen-bond donors (Lipinski definition) is 1. The van der Waals surface area contributed by atoms with Crippen LogP contribution in [0.1, 0.15) is 20.8 Å². The van der Waals surface area contributed by atoms with Crippen molar-refractivity contribution >= 4 is 29.0 Å². The Labute approximate surface area is 128 Å². The predicted molar refractivity (Wildman–Crippen MR) is 79.0 cm³/mol. The Kier molecular flexibility index (Phi) is 3.23. The van der Waals surface area contributed by atoms with Crippen LogP contribution >= 0.6 is 11.3 Å². The van der Waals surface area contributed by atoms with Gasteiger partial charge in [0.2, 0.25) is 11.4 Å². The fourth-order valence-electron chi connectivity index (χ4n) is 2.46. The number of fused-ring (bicyclic) bond motifs is 1. The predicted octanol–water partition coefficient (Wildman–Crippen LogP) is 2.02. The van der Waals surface area contributed by atoms with Crippen LogP contribution in [0.25, 0.3) is 6.08 Å². The van der Waals surface area contributed by atoms with Crippen molar-refractivity contribution in [1.29, 1.82) is 0 Å². The summed E-state index contributed by atoms with van der Waals surface area (Å²) in [6.07, 6.45) is 1.12. The van der Waals surface area contributed by atoms with Crippen molar-refractivity contribution in [2.75, 3.05) is 0 Å². The molecule has 6 nitrogen and oxygen atoms in total. The molecular weight excluding hydrogens is 306 g/mol. The van der Waals surface area contributed by atoms with E-state index in [1.807, 2.05) is 0 Å². The first-order valence-corrected chi connectivity index (χ1v) is 7.15. The van der Waals surface area contributed by atoms with Crippen LogP contribution in [-0.4, -0.2) is 21.6 Å². The fourth-order valence-corrected chi connectivity index (χ4v) is 3.11. The molecule has 1 unspecified atom stereocenters. The molecule has 7 heteroatoms. The van der Waals surface area contributed by atoms with Crippen LogP contribution in [0.2, 0.25) is 0 Å². The van der Waals surface area contributed by atoms with Gasteiger partial charge in [-0.1, -0.05) is 30.3 Å². The Balaban J connectivity index is 2.26. The van der Waals surface area contributed by atoms with Crippen LogP contribution in [0.5, 0.6) is 0 Å². The SMILES string of the molecule is O=C1C(=O)C(O)(/C(=C/c2cccs2)[N+](=O)[O-])c2ccccc21. The van der Waals surface area contributed by atoms with Gasteiger partial charge in [0, 0.05) is 22.1 Å². The summed E-state index contributed by atoms with van der Waals surface area (Å²) in [5.41, 5.74) is -3.34. The Bertz CT molecular complexity index is 824. The second kappa shape index (κ2) is 4.97. The van der Waals surface area contributed by atoms with Crippen LogP contribution in [0, 0.1) is 10.1 Å². The maximum absolute atomic E-state index is 12.2. The van der Waals surface area contributed by atoms with E-state index in [-0.39, 0.29) is 11.1 Å². The first-order valence-electron chi connectivity index (χ1n) is 6.27. The first-order chi connectivity index (χ1) is 10.5. The van der Waals surface area contributed by atoms with Crippen molar-refractivity contribution in [2.45, 2.75) is 5.60 Å². The van der Waals surface area contributed by atoms with Crippen molar-refractivity contribution in [3.05, 3.63) is 73.6 Å². The number of Topliss-reactive ketones (excluding diaryl/α,β-unsaturated/α-hetero) is 2. The molecule has 1 aromatic carbocycles. The van der Waals surface area contributed by atoms with Crippen molar-refractivity contribution in [3.63, 3.8) is 0 Å². The molecule has 3 rings (SSSR count). The summed E-state index contributed by atoms with van der Waals surface area (Å²) >= 11 is 1.22. The molecule has 0 bridgehead atoms. The van der Waals surface area contributed by atoms with Gasteiger partial charge in [0.1, 0.15) is 0 Å². The van der Waals surface area contributed by atoms with Crippen molar-refractivity contribution in [1.82, 2.24) is 0 Å². The number of aliphatic hydroxyl groups is 1. The molecule has 1 aromatic heterocycles. The smallest absolute Gasteiger partial charge is 0.291 e. The minimum atomic E-state index is -2.55. The van der Waals surface area contributed by atoms with E-state index < -0.39 is 27.8 Å². The topological polar surface area (TPSA) is 97.5 Å². The quantitative estimate of drug-likeness (QED) is 0.531. The lowest BCUT2D eigenvalue weighted by Gasteiger charge is -2.18. The van der Waals surface area contributed by atoms with Gasteiger partial charge >= 0.3 is 0 Å². The van der Waals surface area contributed by atoms with Gasteiger partial charge in [0.05, 0.1) is 4.92 Å². The number of nitrogens with zero attached hydrogens (tertiary/aromatic N) is 1. The summed E-state index contributed by atoms with van der Waals surface area (Å²) in [5, 5.41) is 23.8. The largest absolute Gasteiger partial charge is 0.368 e. The maximum Gasteiger partial charge on any atom is 0.291 e. The molecule has 0 amide bonds. The molecule has 0 saturated heterocycles. The van der Waals surface area contributed by atoms with Crippen LogP contribution in [0.3, 0.4) is 0 Å². The summed E-state index contributed by atoms with van der Waals surface area (Å²) < 4.78 is 0. The summed E-state index contributed by atoms with van der Waals surface area (Å²) in [6.45, 7) is 0. The second-order valence-electron chi connectivity index (χ2n) is 4.72. The molecule has 0 saturated carbocycles. The Morgan fingerprint density at radius 1 is 1.23 bits per heavy atom. The van der Waals surface area contributed by atoms with Gasteiger partial charge in [0.25, 0.3) is 11.5 Å². The van der Waals surface area contributed by atoms with Gasteiger partial charge < -0.3 is 5.11 Å². The molecule has 0 fully saturated rings. The summed E-state index contributed by atoms with van der Waals surface area (Å²) in [5.74, 6) is -2.12. The molecule has 1 N–H and O–H groups in total. The Morgan fingerprint density at radius 2 is 1.95 bits per heavy atom. The second-order valence-corrected chi connectivity index (χ2v) is 5.70. The number of rotatable bonds is 3. The summed E-state index contributed by atoms with van der Waals surface area (Å²) in [7, 11) is 0. The number of hydrogen-bond acceptors (Lipinski definition) is 6. The molecule has 0 spiro atoms. The van der Waals surface area contributed by atoms with Gasteiger partial charge in [-0.15, -0.1) is 11.3 Å². The average molecular weight is 315 g/mol. The molecule has 1 aliphatic rings. The third-order valence-electron chi connectivity index (χ3n) is 3.49. The lowest BCUT2D eigenvalue weighted by atomic mass is 9.91. The van der Waals surface area contributed by atoms with Crippen LogP contribution < -0.4 is 0 Å². The van der Waals surface area contributed by atoms with Crippen LogP contribution in [-0.2, 0) is 10.4 Å². The number of carbonyl (C=O) groups excluding carboxylic acids is 2. The van der Waals surface area contributed by atoms with Gasteiger partial charge in [-0.3, -0.25) is 19.7 Å². The summed E-state index contributed by atoms with van der Waals surface area (Å²) in [6, 6.07) is 9.07. The molecule has 22 heavy (non-hydrogen) atoms. The van der Waals surface area contributed by atoms with E-state index in [1.54, 1.807) is 17.5 Å². The van der Waals surface area contributed by atoms with Gasteiger partial charge in [0.15, 0.2) is 0 Å². The molecular formula is C15H9NO5S.